The van der Waals surface area contributed by atoms with Crippen LogP contribution in [0.1, 0.15) is 17.1 Å². The van der Waals surface area contributed by atoms with E-state index in [-0.39, 0.29) is 5.82 Å². The standard InChI is InChI=1S/C30H26FN7/c1-20-8-7-13-26(34-20)30-29(22-14-15-28-32-19-33-38(28)17-22)35-27(36-30)18-37(2)16-21-9-3-4-10-23(21)24-11-5-6-12-25(24)31/h3-15,17,19H,16,18H2,1-2H3,(H,35,36). The monoisotopic (exact) mass is 503 g/mol. The molecule has 0 aliphatic rings. The van der Waals surface area contributed by atoms with Gasteiger partial charge < -0.3 is 4.98 Å². The fourth-order valence-electron chi connectivity index (χ4n) is 4.73. The van der Waals surface area contributed by atoms with Gasteiger partial charge in [0.2, 0.25) is 0 Å². The van der Waals surface area contributed by atoms with Gasteiger partial charge in [0.05, 0.1) is 23.6 Å². The summed E-state index contributed by atoms with van der Waals surface area (Å²) in [5.41, 5.74) is 7.63. The molecule has 7 nitrogen and oxygen atoms in total. The van der Waals surface area contributed by atoms with Crippen molar-refractivity contribution < 1.29 is 4.39 Å². The van der Waals surface area contributed by atoms with Gasteiger partial charge in [0, 0.05) is 29.6 Å². The topological polar surface area (TPSA) is 75.0 Å². The van der Waals surface area contributed by atoms with Gasteiger partial charge in [-0.25, -0.2) is 18.9 Å². The Morgan fingerprint density at radius 2 is 1.68 bits per heavy atom. The van der Waals surface area contributed by atoms with Gasteiger partial charge >= 0.3 is 0 Å². The number of nitrogens with one attached hydrogen (secondary N) is 1. The molecule has 0 atom stereocenters. The summed E-state index contributed by atoms with van der Waals surface area (Å²) in [6.45, 7) is 3.17. The lowest BCUT2D eigenvalue weighted by atomic mass is 9.99. The van der Waals surface area contributed by atoms with Crippen LogP contribution in [0.2, 0.25) is 0 Å². The largest absolute Gasteiger partial charge is 0.339 e. The van der Waals surface area contributed by atoms with Crippen LogP contribution in [0.3, 0.4) is 0 Å². The van der Waals surface area contributed by atoms with Crippen molar-refractivity contribution >= 4 is 5.65 Å². The molecular weight excluding hydrogens is 477 g/mol. The maximum atomic E-state index is 14.6. The molecule has 6 rings (SSSR count). The molecule has 38 heavy (non-hydrogen) atoms. The maximum absolute atomic E-state index is 14.6. The first-order valence-corrected chi connectivity index (χ1v) is 12.4. The van der Waals surface area contributed by atoms with E-state index in [9.17, 15) is 4.39 Å². The zero-order valence-corrected chi connectivity index (χ0v) is 21.1. The quantitative estimate of drug-likeness (QED) is 0.292. The summed E-state index contributed by atoms with van der Waals surface area (Å²) in [4.78, 5) is 19.7. The Hall–Kier alpha value is -4.69. The Morgan fingerprint density at radius 1 is 0.868 bits per heavy atom. The number of fused-ring (bicyclic) bond motifs is 1. The second-order valence-corrected chi connectivity index (χ2v) is 9.36. The minimum Gasteiger partial charge on any atom is -0.339 e. The number of nitrogens with zero attached hydrogens (tertiary/aromatic N) is 6. The molecule has 8 heteroatoms. The Morgan fingerprint density at radius 3 is 2.53 bits per heavy atom. The van der Waals surface area contributed by atoms with E-state index in [1.807, 2.05) is 86.9 Å². The average Bonchev–Trinajstić information content (AvgIpc) is 3.56. The van der Waals surface area contributed by atoms with Gasteiger partial charge in [-0.1, -0.05) is 48.5 Å². The summed E-state index contributed by atoms with van der Waals surface area (Å²) in [6, 6.07) is 24.7. The van der Waals surface area contributed by atoms with E-state index >= 15 is 0 Å². The minimum atomic E-state index is -0.224. The van der Waals surface area contributed by atoms with Crippen LogP contribution in [0.25, 0.3) is 39.4 Å². The zero-order chi connectivity index (χ0) is 26.1. The highest BCUT2D eigenvalue weighted by Gasteiger charge is 2.18. The van der Waals surface area contributed by atoms with Crippen molar-refractivity contribution in [1.29, 1.82) is 0 Å². The van der Waals surface area contributed by atoms with Crippen molar-refractivity contribution in [3.63, 3.8) is 0 Å². The molecule has 0 amide bonds. The molecule has 0 radical (unpaired) electrons. The number of pyridine rings is 2. The molecule has 0 aliphatic carbocycles. The van der Waals surface area contributed by atoms with Crippen LogP contribution in [0.15, 0.2) is 91.4 Å². The number of hydrogen-bond acceptors (Lipinski definition) is 5. The maximum Gasteiger partial charge on any atom is 0.155 e. The number of benzene rings is 2. The molecule has 4 aromatic heterocycles. The lowest BCUT2D eigenvalue weighted by molar-refractivity contribution is 0.312. The molecule has 1 N–H and O–H groups in total. The fraction of sp³-hybridized carbons (Fsp3) is 0.133. The highest BCUT2D eigenvalue weighted by molar-refractivity contribution is 5.77. The van der Waals surface area contributed by atoms with Crippen LogP contribution < -0.4 is 0 Å². The molecule has 0 fully saturated rings. The lowest BCUT2D eigenvalue weighted by Gasteiger charge is -2.18. The normalized spacial score (nSPS) is 11.5. The van der Waals surface area contributed by atoms with Crippen LogP contribution in [0, 0.1) is 12.7 Å². The van der Waals surface area contributed by atoms with Crippen molar-refractivity contribution in [3.8, 4) is 33.8 Å². The number of aromatic amines is 1. The van der Waals surface area contributed by atoms with E-state index in [0.29, 0.717) is 18.7 Å². The van der Waals surface area contributed by atoms with Crippen LogP contribution in [0.4, 0.5) is 4.39 Å². The van der Waals surface area contributed by atoms with E-state index < -0.39 is 0 Å². The Balaban J connectivity index is 1.33. The molecule has 4 heterocycles. The fourth-order valence-corrected chi connectivity index (χ4v) is 4.73. The summed E-state index contributed by atoms with van der Waals surface area (Å²) < 4.78 is 16.3. The first-order chi connectivity index (χ1) is 18.5. The van der Waals surface area contributed by atoms with Crippen molar-refractivity contribution in [2.75, 3.05) is 7.05 Å². The van der Waals surface area contributed by atoms with E-state index in [1.165, 1.54) is 12.4 Å². The third-order valence-electron chi connectivity index (χ3n) is 6.49. The molecule has 2 aromatic carbocycles. The molecule has 0 spiro atoms. The van der Waals surface area contributed by atoms with Crippen molar-refractivity contribution in [2.45, 2.75) is 20.0 Å². The predicted octanol–water partition coefficient (Wildman–Crippen LogP) is 5.93. The molecular formula is C30H26FN7. The van der Waals surface area contributed by atoms with E-state index in [1.54, 1.807) is 10.6 Å². The highest BCUT2D eigenvalue weighted by atomic mass is 19.1. The minimum absolute atomic E-state index is 0.224. The Bertz CT molecular complexity index is 1740. The summed E-state index contributed by atoms with van der Waals surface area (Å²) >= 11 is 0. The van der Waals surface area contributed by atoms with E-state index in [4.69, 9.17) is 9.97 Å². The number of hydrogen-bond donors (Lipinski definition) is 1. The van der Waals surface area contributed by atoms with Gasteiger partial charge in [0.1, 0.15) is 18.0 Å². The Kier molecular flexibility index (Phi) is 6.23. The first kappa shape index (κ1) is 23.7. The number of H-pyrrole nitrogens is 1. The van der Waals surface area contributed by atoms with Gasteiger partial charge in [-0.05, 0) is 55.4 Å². The molecule has 0 unspecified atom stereocenters. The lowest BCUT2D eigenvalue weighted by Crippen LogP contribution is -2.18. The predicted molar refractivity (Wildman–Crippen MR) is 146 cm³/mol. The summed E-state index contributed by atoms with van der Waals surface area (Å²) in [6.07, 6.45) is 3.46. The third-order valence-corrected chi connectivity index (χ3v) is 6.49. The smallest absolute Gasteiger partial charge is 0.155 e. The SMILES string of the molecule is Cc1cccc(-c2[nH]c(CN(C)Cc3ccccc3-c3ccccc3F)nc2-c2ccc3ncnn3c2)n1. The van der Waals surface area contributed by atoms with E-state index in [2.05, 4.69) is 20.0 Å². The summed E-state index contributed by atoms with van der Waals surface area (Å²) in [7, 11) is 2.03. The van der Waals surface area contributed by atoms with Crippen LogP contribution in [-0.4, -0.2) is 41.5 Å². The zero-order valence-electron chi connectivity index (χ0n) is 21.1. The van der Waals surface area contributed by atoms with Crippen molar-refractivity contribution in [1.82, 2.24) is 34.4 Å². The van der Waals surface area contributed by atoms with Crippen molar-refractivity contribution in [2.24, 2.45) is 0 Å². The van der Waals surface area contributed by atoms with Gasteiger partial charge in [-0.2, -0.15) is 5.10 Å². The number of aryl methyl sites for hydroxylation is 1. The molecule has 0 saturated carbocycles. The van der Waals surface area contributed by atoms with Gasteiger partial charge in [0.15, 0.2) is 5.65 Å². The number of imidazole rings is 1. The molecule has 6 aromatic rings. The molecule has 0 saturated heterocycles. The molecule has 0 aliphatic heterocycles. The first-order valence-electron chi connectivity index (χ1n) is 12.4. The van der Waals surface area contributed by atoms with Gasteiger partial charge in [-0.15, -0.1) is 0 Å². The van der Waals surface area contributed by atoms with Crippen LogP contribution >= 0.6 is 0 Å². The van der Waals surface area contributed by atoms with Crippen LogP contribution in [-0.2, 0) is 13.1 Å². The van der Waals surface area contributed by atoms with Crippen LogP contribution in [0.5, 0.6) is 0 Å². The second kappa shape index (κ2) is 9.99. The average molecular weight is 504 g/mol. The second-order valence-electron chi connectivity index (χ2n) is 9.36. The van der Waals surface area contributed by atoms with E-state index in [0.717, 1.165) is 50.9 Å². The van der Waals surface area contributed by atoms with Gasteiger partial charge in [-0.3, -0.25) is 9.88 Å². The Labute approximate surface area is 219 Å². The van der Waals surface area contributed by atoms with Crippen molar-refractivity contribution in [3.05, 3.63) is 114 Å². The van der Waals surface area contributed by atoms with Gasteiger partial charge in [0.25, 0.3) is 0 Å². The highest BCUT2D eigenvalue weighted by Crippen LogP contribution is 2.31. The number of aromatic nitrogens is 6. The summed E-state index contributed by atoms with van der Waals surface area (Å²) in [5.74, 6) is 0.584. The number of halogens is 1. The molecule has 0 bridgehead atoms. The number of rotatable bonds is 7. The summed E-state index contributed by atoms with van der Waals surface area (Å²) in [5, 5.41) is 4.28. The third kappa shape index (κ3) is 4.69. The molecule has 188 valence electrons.